The van der Waals surface area contributed by atoms with Crippen molar-refractivity contribution < 1.29 is 14.3 Å². The molecule has 0 aliphatic carbocycles. The second-order valence-corrected chi connectivity index (χ2v) is 6.81. The summed E-state index contributed by atoms with van der Waals surface area (Å²) in [6, 6.07) is 5.70. The number of hydrogen-bond acceptors (Lipinski definition) is 3. The Bertz CT molecular complexity index is 833. The largest absolute Gasteiger partial charge is 0.496 e. The van der Waals surface area contributed by atoms with Crippen LogP contribution in [-0.2, 0) is 7.05 Å². The molecular weight excluding hydrogens is 330 g/mol. The van der Waals surface area contributed by atoms with Crippen LogP contribution in [0.2, 0.25) is 0 Å². The van der Waals surface area contributed by atoms with Crippen molar-refractivity contribution in [3.63, 3.8) is 0 Å². The number of nitrogens with zero attached hydrogens (tertiary/aromatic N) is 3. The van der Waals surface area contributed by atoms with Crippen LogP contribution in [0.15, 0.2) is 30.6 Å². The van der Waals surface area contributed by atoms with Gasteiger partial charge in [0.2, 0.25) is 0 Å². The monoisotopic (exact) mass is 355 g/mol. The first-order valence-electron chi connectivity index (χ1n) is 8.76. The number of amides is 2. The van der Waals surface area contributed by atoms with Crippen LogP contribution in [0.5, 0.6) is 5.75 Å². The topological polar surface area (TPSA) is 54.8 Å². The van der Waals surface area contributed by atoms with E-state index in [-0.39, 0.29) is 11.8 Å². The molecule has 1 aromatic carbocycles. The molecule has 0 atom stereocenters. The van der Waals surface area contributed by atoms with Crippen molar-refractivity contribution in [3.8, 4) is 5.75 Å². The predicted molar refractivity (Wildman–Crippen MR) is 99.7 cm³/mol. The number of ether oxygens (including phenoxy) is 1. The van der Waals surface area contributed by atoms with E-state index in [1.165, 1.54) is 0 Å². The molecule has 0 radical (unpaired) electrons. The smallest absolute Gasteiger partial charge is 0.257 e. The molecule has 0 saturated carbocycles. The highest BCUT2D eigenvalue weighted by molar-refractivity contribution is 5.98. The first kappa shape index (κ1) is 18.0. The Kier molecular flexibility index (Phi) is 5.02. The number of rotatable bonds is 3. The summed E-state index contributed by atoms with van der Waals surface area (Å²) in [7, 11) is 3.48. The van der Waals surface area contributed by atoms with E-state index in [1.807, 2.05) is 56.1 Å². The molecule has 1 aromatic heterocycles. The van der Waals surface area contributed by atoms with Gasteiger partial charge >= 0.3 is 0 Å². The fourth-order valence-corrected chi connectivity index (χ4v) is 3.48. The molecule has 3 rings (SSSR count). The maximum atomic E-state index is 13.0. The Balaban J connectivity index is 1.70. The van der Waals surface area contributed by atoms with Gasteiger partial charge in [-0.3, -0.25) is 9.59 Å². The van der Waals surface area contributed by atoms with E-state index in [2.05, 4.69) is 0 Å². The Hall–Kier alpha value is -2.76. The van der Waals surface area contributed by atoms with E-state index < -0.39 is 0 Å². The van der Waals surface area contributed by atoms with Gasteiger partial charge in [-0.25, -0.2) is 0 Å². The van der Waals surface area contributed by atoms with Gasteiger partial charge < -0.3 is 19.1 Å². The standard InChI is InChI=1S/C20H25N3O3/c1-14-11-15(2)18(26-4)17(12-14)20(25)23-9-7-22(8-10-23)19(24)16-5-6-21(3)13-16/h5-6,11-13H,7-10H2,1-4H3. The van der Waals surface area contributed by atoms with Crippen LogP contribution in [0.25, 0.3) is 0 Å². The molecule has 2 amide bonds. The number of methoxy groups -OCH3 is 1. The number of benzene rings is 1. The lowest BCUT2D eigenvalue weighted by molar-refractivity contribution is 0.0533. The normalized spacial score (nSPS) is 14.5. The lowest BCUT2D eigenvalue weighted by Gasteiger charge is -2.35. The Morgan fingerprint density at radius 1 is 1.00 bits per heavy atom. The zero-order valence-corrected chi connectivity index (χ0v) is 15.8. The summed E-state index contributed by atoms with van der Waals surface area (Å²) in [6.07, 6.45) is 3.68. The third kappa shape index (κ3) is 3.45. The van der Waals surface area contributed by atoms with Gasteiger partial charge in [0.05, 0.1) is 18.2 Å². The van der Waals surface area contributed by atoms with Crippen LogP contribution in [0, 0.1) is 13.8 Å². The molecule has 0 spiro atoms. The van der Waals surface area contributed by atoms with Gasteiger partial charge in [0.25, 0.3) is 11.8 Å². The van der Waals surface area contributed by atoms with Crippen molar-refractivity contribution in [2.24, 2.45) is 7.05 Å². The third-order valence-electron chi connectivity index (χ3n) is 4.79. The van der Waals surface area contributed by atoms with Crippen LogP contribution in [0.3, 0.4) is 0 Å². The van der Waals surface area contributed by atoms with E-state index in [1.54, 1.807) is 16.9 Å². The van der Waals surface area contributed by atoms with Gasteiger partial charge in [0, 0.05) is 45.6 Å². The lowest BCUT2D eigenvalue weighted by Crippen LogP contribution is -2.50. The molecule has 138 valence electrons. The molecule has 1 aliphatic heterocycles. The van der Waals surface area contributed by atoms with Crippen LogP contribution >= 0.6 is 0 Å². The van der Waals surface area contributed by atoms with Crippen LogP contribution in [-0.4, -0.2) is 59.5 Å². The van der Waals surface area contributed by atoms with E-state index in [0.717, 1.165) is 11.1 Å². The van der Waals surface area contributed by atoms with Gasteiger partial charge in [0.15, 0.2) is 0 Å². The molecule has 0 unspecified atom stereocenters. The molecule has 1 fully saturated rings. The lowest BCUT2D eigenvalue weighted by atomic mass is 10.0. The summed E-state index contributed by atoms with van der Waals surface area (Å²) in [6.45, 7) is 6.03. The summed E-state index contributed by atoms with van der Waals surface area (Å²) in [5.74, 6) is 0.602. The van der Waals surface area contributed by atoms with Crippen LogP contribution in [0.1, 0.15) is 31.8 Å². The number of carbonyl (C=O) groups excluding carboxylic acids is 2. The molecule has 1 aliphatic rings. The fourth-order valence-electron chi connectivity index (χ4n) is 3.48. The average molecular weight is 355 g/mol. The van der Waals surface area contributed by atoms with Crippen LogP contribution < -0.4 is 4.74 Å². The summed E-state index contributed by atoms with van der Waals surface area (Å²) >= 11 is 0. The second kappa shape index (κ2) is 7.23. The van der Waals surface area contributed by atoms with Gasteiger partial charge in [-0.1, -0.05) is 6.07 Å². The van der Waals surface area contributed by atoms with Gasteiger partial charge in [-0.15, -0.1) is 0 Å². The van der Waals surface area contributed by atoms with Crippen molar-refractivity contribution in [1.82, 2.24) is 14.4 Å². The highest BCUT2D eigenvalue weighted by Crippen LogP contribution is 2.26. The van der Waals surface area contributed by atoms with E-state index in [0.29, 0.717) is 43.1 Å². The summed E-state index contributed by atoms with van der Waals surface area (Å²) in [4.78, 5) is 29.1. The molecule has 1 saturated heterocycles. The predicted octanol–water partition coefficient (Wildman–Crippen LogP) is 2.25. The summed E-state index contributed by atoms with van der Waals surface area (Å²) in [5.41, 5.74) is 3.26. The van der Waals surface area contributed by atoms with Crippen molar-refractivity contribution in [1.29, 1.82) is 0 Å². The van der Waals surface area contributed by atoms with E-state index in [4.69, 9.17) is 4.74 Å². The van der Waals surface area contributed by atoms with Crippen molar-refractivity contribution in [2.45, 2.75) is 13.8 Å². The molecular formula is C20H25N3O3. The Morgan fingerprint density at radius 2 is 1.62 bits per heavy atom. The SMILES string of the molecule is COc1c(C)cc(C)cc1C(=O)N1CCN(C(=O)c2ccn(C)c2)CC1. The number of aromatic nitrogens is 1. The Morgan fingerprint density at radius 3 is 2.15 bits per heavy atom. The van der Waals surface area contributed by atoms with Crippen LogP contribution in [0.4, 0.5) is 0 Å². The van der Waals surface area contributed by atoms with Gasteiger partial charge in [-0.2, -0.15) is 0 Å². The minimum absolute atomic E-state index is 0.0154. The van der Waals surface area contributed by atoms with E-state index >= 15 is 0 Å². The Labute approximate surface area is 154 Å². The molecule has 6 nitrogen and oxygen atoms in total. The molecule has 0 bridgehead atoms. The summed E-state index contributed by atoms with van der Waals surface area (Å²) < 4.78 is 7.31. The number of piperazine rings is 1. The number of hydrogen-bond donors (Lipinski definition) is 0. The minimum atomic E-state index is -0.0412. The first-order chi connectivity index (χ1) is 12.4. The quantitative estimate of drug-likeness (QED) is 0.849. The maximum Gasteiger partial charge on any atom is 0.257 e. The second-order valence-electron chi connectivity index (χ2n) is 6.81. The highest BCUT2D eigenvalue weighted by Gasteiger charge is 2.27. The number of carbonyl (C=O) groups is 2. The average Bonchev–Trinajstić information content (AvgIpc) is 3.06. The molecule has 2 heterocycles. The van der Waals surface area contributed by atoms with Gasteiger partial charge in [-0.05, 0) is 37.1 Å². The molecule has 0 N–H and O–H groups in total. The molecule has 26 heavy (non-hydrogen) atoms. The molecule has 6 heteroatoms. The zero-order chi connectivity index (χ0) is 18.8. The number of aryl methyl sites for hydroxylation is 3. The summed E-state index contributed by atoms with van der Waals surface area (Å²) in [5, 5.41) is 0. The first-order valence-corrected chi connectivity index (χ1v) is 8.76. The van der Waals surface area contributed by atoms with Crippen molar-refractivity contribution >= 4 is 11.8 Å². The van der Waals surface area contributed by atoms with Gasteiger partial charge in [0.1, 0.15) is 5.75 Å². The fraction of sp³-hybridized carbons (Fsp3) is 0.400. The third-order valence-corrected chi connectivity index (χ3v) is 4.79. The zero-order valence-electron chi connectivity index (χ0n) is 15.8. The highest BCUT2D eigenvalue weighted by atomic mass is 16.5. The minimum Gasteiger partial charge on any atom is -0.496 e. The van der Waals surface area contributed by atoms with Crippen molar-refractivity contribution in [2.75, 3.05) is 33.3 Å². The van der Waals surface area contributed by atoms with E-state index in [9.17, 15) is 9.59 Å². The van der Waals surface area contributed by atoms with Crippen molar-refractivity contribution in [3.05, 3.63) is 52.8 Å². The maximum absolute atomic E-state index is 13.0. The molecule has 2 aromatic rings.